The molecule has 18 heavy (non-hydrogen) atoms. The van der Waals surface area contributed by atoms with Gasteiger partial charge in [-0.25, -0.2) is 0 Å². The van der Waals surface area contributed by atoms with Crippen LogP contribution in [0.1, 0.15) is 10.4 Å². The van der Waals surface area contributed by atoms with Crippen LogP contribution >= 0.6 is 0 Å². The van der Waals surface area contributed by atoms with E-state index in [-0.39, 0.29) is 5.91 Å². The standard InChI is InChI=1S/C14H19N3O/c1-17(2,3)9-8-15-14(18)12-10-16-13-7-5-4-6-11(12)13/h4-7,10H,8-9H2,1-3H3,(H-,15,16,18)/p+1. The van der Waals surface area contributed by atoms with Crippen molar-refractivity contribution in [2.24, 2.45) is 0 Å². The molecule has 0 radical (unpaired) electrons. The molecule has 0 aliphatic rings. The van der Waals surface area contributed by atoms with Crippen LogP contribution < -0.4 is 5.32 Å². The molecule has 1 heterocycles. The smallest absolute Gasteiger partial charge is 0.253 e. The van der Waals surface area contributed by atoms with Gasteiger partial charge < -0.3 is 14.8 Å². The van der Waals surface area contributed by atoms with Crippen LogP contribution in [0.4, 0.5) is 0 Å². The minimum Gasteiger partial charge on any atom is -0.360 e. The molecule has 1 aromatic carbocycles. The SMILES string of the molecule is C[N+](C)(C)CCNC(=O)c1c[nH]c2ccccc12. The largest absolute Gasteiger partial charge is 0.360 e. The van der Waals surface area contributed by atoms with Gasteiger partial charge in [0, 0.05) is 17.1 Å². The van der Waals surface area contributed by atoms with Crippen LogP contribution in [-0.2, 0) is 0 Å². The van der Waals surface area contributed by atoms with Gasteiger partial charge in [-0.15, -0.1) is 0 Å². The van der Waals surface area contributed by atoms with Crippen LogP contribution in [0.2, 0.25) is 0 Å². The molecule has 2 rings (SSSR count). The Kier molecular flexibility index (Phi) is 3.39. The highest BCUT2D eigenvalue weighted by molar-refractivity contribution is 6.06. The van der Waals surface area contributed by atoms with E-state index in [0.29, 0.717) is 12.1 Å². The number of hydrogen-bond donors (Lipinski definition) is 2. The molecule has 2 aromatic rings. The number of fused-ring (bicyclic) bond motifs is 1. The second-order valence-corrected chi connectivity index (χ2v) is 5.52. The van der Waals surface area contributed by atoms with E-state index < -0.39 is 0 Å². The molecule has 0 atom stereocenters. The Bertz CT molecular complexity index is 551. The summed E-state index contributed by atoms with van der Waals surface area (Å²) in [5.41, 5.74) is 1.71. The highest BCUT2D eigenvalue weighted by Gasteiger charge is 2.12. The summed E-state index contributed by atoms with van der Waals surface area (Å²) in [7, 11) is 6.33. The molecule has 0 spiro atoms. The Morgan fingerprint density at radius 3 is 2.72 bits per heavy atom. The summed E-state index contributed by atoms with van der Waals surface area (Å²) >= 11 is 0. The Morgan fingerprint density at radius 2 is 2.00 bits per heavy atom. The van der Waals surface area contributed by atoms with Gasteiger partial charge in [0.1, 0.15) is 0 Å². The second kappa shape index (κ2) is 4.82. The zero-order valence-electron chi connectivity index (χ0n) is 11.2. The fraction of sp³-hybridized carbons (Fsp3) is 0.357. The fourth-order valence-electron chi connectivity index (χ4n) is 1.86. The molecule has 4 heteroatoms. The predicted octanol–water partition coefficient (Wildman–Crippen LogP) is 1.60. The summed E-state index contributed by atoms with van der Waals surface area (Å²) in [6.07, 6.45) is 1.77. The van der Waals surface area contributed by atoms with Gasteiger partial charge in [-0.3, -0.25) is 4.79 Å². The molecular weight excluding hydrogens is 226 g/mol. The maximum absolute atomic E-state index is 12.1. The third kappa shape index (κ3) is 2.90. The van der Waals surface area contributed by atoms with Crippen LogP contribution in [-0.4, -0.2) is 49.6 Å². The topological polar surface area (TPSA) is 44.9 Å². The first-order valence-corrected chi connectivity index (χ1v) is 6.12. The van der Waals surface area contributed by atoms with Crippen molar-refractivity contribution in [1.29, 1.82) is 0 Å². The van der Waals surface area contributed by atoms with Gasteiger partial charge in [-0.05, 0) is 6.07 Å². The molecule has 2 N–H and O–H groups in total. The maximum Gasteiger partial charge on any atom is 0.253 e. The van der Waals surface area contributed by atoms with E-state index >= 15 is 0 Å². The number of hydrogen-bond acceptors (Lipinski definition) is 1. The summed E-state index contributed by atoms with van der Waals surface area (Å²) < 4.78 is 0.841. The Balaban J connectivity index is 2.05. The number of nitrogens with zero attached hydrogens (tertiary/aromatic N) is 1. The van der Waals surface area contributed by atoms with E-state index in [1.807, 2.05) is 24.3 Å². The number of rotatable bonds is 4. The number of para-hydroxylation sites is 1. The van der Waals surface area contributed by atoms with E-state index in [2.05, 4.69) is 31.4 Å². The quantitative estimate of drug-likeness (QED) is 0.791. The van der Waals surface area contributed by atoms with Crippen molar-refractivity contribution in [3.63, 3.8) is 0 Å². The van der Waals surface area contributed by atoms with Crippen molar-refractivity contribution < 1.29 is 9.28 Å². The number of aromatic amines is 1. The van der Waals surface area contributed by atoms with Crippen LogP contribution in [0.5, 0.6) is 0 Å². The lowest BCUT2D eigenvalue weighted by Gasteiger charge is -2.23. The number of amides is 1. The van der Waals surface area contributed by atoms with E-state index in [1.165, 1.54) is 0 Å². The van der Waals surface area contributed by atoms with Crippen molar-refractivity contribution in [2.45, 2.75) is 0 Å². The summed E-state index contributed by atoms with van der Waals surface area (Å²) in [4.78, 5) is 15.2. The minimum atomic E-state index is -0.0131. The first kappa shape index (κ1) is 12.6. The normalized spacial score (nSPS) is 11.7. The highest BCUT2D eigenvalue weighted by atomic mass is 16.1. The first-order valence-electron chi connectivity index (χ1n) is 6.12. The fourth-order valence-corrected chi connectivity index (χ4v) is 1.86. The monoisotopic (exact) mass is 246 g/mol. The lowest BCUT2D eigenvalue weighted by molar-refractivity contribution is -0.869. The number of H-pyrrole nitrogens is 1. The van der Waals surface area contributed by atoms with Gasteiger partial charge in [-0.1, -0.05) is 18.2 Å². The molecular formula is C14H20N3O+. The molecule has 96 valence electrons. The number of carbonyl (C=O) groups is 1. The molecule has 0 saturated heterocycles. The average molecular weight is 246 g/mol. The van der Waals surface area contributed by atoms with Crippen molar-refractivity contribution in [1.82, 2.24) is 10.3 Å². The van der Waals surface area contributed by atoms with Gasteiger partial charge in [-0.2, -0.15) is 0 Å². The Labute approximate surface area is 107 Å². The van der Waals surface area contributed by atoms with Crippen LogP contribution in [0, 0.1) is 0 Å². The second-order valence-electron chi connectivity index (χ2n) is 5.52. The molecule has 0 saturated carbocycles. The molecule has 0 fully saturated rings. The van der Waals surface area contributed by atoms with Gasteiger partial charge in [0.2, 0.25) is 0 Å². The van der Waals surface area contributed by atoms with Gasteiger partial charge in [0.25, 0.3) is 5.91 Å². The van der Waals surface area contributed by atoms with E-state index in [1.54, 1.807) is 6.20 Å². The van der Waals surface area contributed by atoms with Gasteiger partial charge >= 0.3 is 0 Å². The number of aromatic nitrogens is 1. The molecule has 0 aliphatic carbocycles. The average Bonchev–Trinajstić information content (AvgIpc) is 2.70. The van der Waals surface area contributed by atoms with Crippen molar-refractivity contribution in [3.05, 3.63) is 36.0 Å². The van der Waals surface area contributed by atoms with Crippen molar-refractivity contribution in [3.8, 4) is 0 Å². The van der Waals surface area contributed by atoms with Crippen LogP contribution in [0.15, 0.2) is 30.5 Å². The Morgan fingerprint density at radius 1 is 1.28 bits per heavy atom. The Hall–Kier alpha value is -1.81. The van der Waals surface area contributed by atoms with Crippen molar-refractivity contribution in [2.75, 3.05) is 34.2 Å². The summed E-state index contributed by atoms with van der Waals surface area (Å²) in [6.45, 7) is 1.59. The molecule has 1 aromatic heterocycles. The highest BCUT2D eigenvalue weighted by Crippen LogP contribution is 2.17. The van der Waals surface area contributed by atoms with E-state index in [4.69, 9.17) is 0 Å². The summed E-state index contributed by atoms with van der Waals surface area (Å²) in [5, 5.41) is 3.93. The third-order valence-corrected chi connectivity index (χ3v) is 2.90. The molecule has 0 unspecified atom stereocenters. The predicted molar refractivity (Wildman–Crippen MR) is 73.5 cm³/mol. The molecule has 4 nitrogen and oxygen atoms in total. The van der Waals surface area contributed by atoms with Crippen LogP contribution in [0.3, 0.4) is 0 Å². The number of carbonyl (C=O) groups excluding carboxylic acids is 1. The van der Waals surface area contributed by atoms with Gasteiger partial charge in [0.05, 0.1) is 39.8 Å². The number of nitrogens with one attached hydrogen (secondary N) is 2. The molecule has 0 aliphatic heterocycles. The number of likely N-dealkylation sites (N-methyl/N-ethyl adjacent to an activating group) is 1. The summed E-state index contributed by atoms with van der Waals surface area (Å²) in [6, 6.07) is 7.83. The van der Waals surface area contributed by atoms with Crippen LogP contribution in [0.25, 0.3) is 10.9 Å². The lowest BCUT2D eigenvalue weighted by atomic mass is 10.1. The third-order valence-electron chi connectivity index (χ3n) is 2.90. The number of benzene rings is 1. The molecule has 0 bridgehead atoms. The first-order chi connectivity index (χ1) is 8.47. The van der Waals surface area contributed by atoms with Gasteiger partial charge in [0.15, 0.2) is 0 Å². The van der Waals surface area contributed by atoms with E-state index in [0.717, 1.165) is 21.9 Å². The van der Waals surface area contributed by atoms with E-state index in [9.17, 15) is 4.79 Å². The lowest BCUT2D eigenvalue weighted by Crippen LogP contribution is -2.41. The van der Waals surface area contributed by atoms with Crippen molar-refractivity contribution >= 4 is 16.8 Å². The maximum atomic E-state index is 12.1. The summed E-state index contributed by atoms with van der Waals surface area (Å²) in [5.74, 6) is -0.0131. The number of quaternary nitrogens is 1. The molecule has 1 amide bonds. The zero-order valence-corrected chi connectivity index (χ0v) is 11.2. The minimum absolute atomic E-state index is 0.0131. The zero-order chi connectivity index (χ0) is 13.2.